The van der Waals surface area contributed by atoms with Crippen LogP contribution in [0.1, 0.15) is 51.0 Å². The molecule has 1 spiro atoms. The molecule has 5 aliphatic heterocycles. The maximum absolute atomic E-state index is 13.9. The quantitative estimate of drug-likeness (QED) is 0.543. The van der Waals surface area contributed by atoms with Crippen LogP contribution in [0, 0.1) is 11.8 Å². The van der Waals surface area contributed by atoms with Crippen LogP contribution >= 0.6 is 11.6 Å². The van der Waals surface area contributed by atoms with Crippen molar-refractivity contribution >= 4 is 35.1 Å². The molecular formula is C28H37ClN8O3. The molecule has 1 aromatic rings. The number of rotatable bonds is 6. The van der Waals surface area contributed by atoms with Crippen LogP contribution in [0.15, 0.2) is 39.2 Å². The summed E-state index contributed by atoms with van der Waals surface area (Å²) >= 11 is 6.50. The minimum absolute atomic E-state index is 0.0749. The van der Waals surface area contributed by atoms with Crippen molar-refractivity contribution in [1.29, 1.82) is 0 Å². The number of likely N-dealkylation sites (N-methyl/N-ethyl adjacent to an activating group) is 2. The number of benzene rings is 1. The second-order valence-corrected chi connectivity index (χ2v) is 12.4. The fourth-order valence-corrected chi connectivity index (χ4v) is 7.73. The number of fused-ring (bicyclic) bond motifs is 1. The first kappa shape index (κ1) is 26.3. The van der Waals surface area contributed by atoms with Crippen molar-refractivity contribution in [3.8, 4) is 0 Å². The molecule has 1 saturated carbocycles. The summed E-state index contributed by atoms with van der Waals surface area (Å²) in [6.45, 7) is 4.81. The highest BCUT2D eigenvalue weighted by atomic mass is 35.5. The summed E-state index contributed by atoms with van der Waals surface area (Å²) in [6, 6.07) is 7.96. The lowest BCUT2D eigenvalue weighted by Gasteiger charge is -2.47. The lowest BCUT2D eigenvalue weighted by atomic mass is 9.81. The SMILES string of the molecule is CNC(=O)[C@]1(C2=NC3(N4CCON4)N=C4N=C(c5cccc(Cl)c5)C3(O4)N2CC2CCC(C)CC2)CCCN1C. The van der Waals surface area contributed by atoms with Gasteiger partial charge < -0.3 is 15.0 Å². The fourth-order valence-electron chi connectivity index (χ4n) is 7.54. The van der Waals surface area contributed by atoms with Crippen molar-refractivity contribution in [2.24, 2.45) is 26.8 Å². The van der Waals surface area contributed by atoms with Crippen LogP contribution in [0.5, 0.6) is 0 Å². The van der Waals surface area contributed by atoms with E-state index in [9.17, 15) is 4.79 Å². The van der Waals surface area contributed by atoms with Crippen molar-refractivity contribution in [2.75, 3.05) is 40.3 Å². The monoisotopic (exact) mass is 568 g/mol. The van der Waals surface area contributed by atoms with Gasteiger partial charge in [0.25, 0.3) is 11.5 Å². The normalized spacial score (nSPS) is 37.3. The minimum Gasteiger partial charge on any atom is -0.424 e. The van der Waals surface area contributed by atoms with E-state index in [1.165, 1.54) is 12.8 Å². The van der Waals surface area contributed by atoms with E-state index in [2.05, 4.69) is 27.6 Å². The molecule has 40 heavy (non-hydrogen) atoms. The Bertz CT molecular complexity index is 1310. The Hall–Kier alpha value is -2.57. The molecule has 1 amide bonds. The van der Waals surface area contributed by atoms with Crippen LogP contribution in [0.3, 0.4) is 0 Å². The maximum atomic E-state index is 13.9. The number of amidine groups is 2. The van der Waals surface area contributed by atoms with Crippen molar-refractivity contribution in [3.63, 3.8) is 0 Å². The second-order valence-electron chi connectivity index (χ2n) is 12.0. The second kappa shape index (κ2) is 9.49. The smallest absolute Gasteiger partial charge is 0.318 e. The van der Waals surface area contributed by atoms with Crippen LogP contribution in [0.25, 0.3) is 0 Å². The van der Waals surface area contributed by atoms with Crippen molar-refractivity contribution in [3.05, 3.63) is 34.9 Å². The van der Waals surface area contributed by atoms with Crippen molar-refractivity contribution < 1.29 is 14.4 Å². The number of likely N-dealkylation sites (tertiary alicyclic amines) is 1. The average molecular weight is 569 g/mol. The van der Waals surface area contributed by atoms with E-state index >= 15 is 0 Å². The summed E-state index contributed by atoms with van der Waals surface area (Å²) < 4.78 is 6.79. The first-order valence-electron chi connectivity index (χ1n) is 14.4. The number of ether oxygens (including phenoxy) is 1. The molecule has 3 fully saturated rings. The number of halogens is 1. The molecule has 2 saturated heterocycles. The van der Waals surface area contributed by atoms with Gasteiger partial charge in [0.05, 0.1) is 6.61 Å². The van der Waals surface area contributed by atoms with Crippen LogP contribution in [-0.2, 0) is 14.4 Å². The van der Waals surface area contributed by atoms with Gasteiger partial charge in [0, 0.05) is 30.7 Å². The van der Waals surface area contributed by atoms with Gasteiger partial charge in [-0.05, 0) is 63.2 Å². The lowest BCUT2D eigenvalue weighted by Crippen LogP contribution is -2.72. The Balaban J connectivity index is 1.44. The zero-order chi connectivity index (χ0) is 27.7. The number of carbonyl (C=O) groups excluding carboxylic acids is 1. The van der Waals surface area contributed by atoms with E-state index in [1.54, 1.807) is 7.05 Å². The van der Waals surface area contributed by atoms with E-state index in [4.69, 9.17) is 36.2 Å². The summed E-state index contributed by atoms with van der Waals surface area (Å²) in [5, 5.41) is 5.47. The third-order valence-electron chi connectivity index (χ3n) is 9.67. The molecule has 1 aromatic carbocycles. The van der Waals surface area contributed by atoms with Gasteiger partial charge in [-0.1, -0.05) is 43.5 Å². The largest absolute Gasteiger partial charge is 0.424 e. The molecule has 5 heterocycles. The third kappa shape index (κ3) is 3.51. The number of nitrogens with zero attached hydrogens (tertiary/aromatic N) is 6. The van der Waals surface area contributed by atoms with Gasteiger partial charge in [-0.3, -0.25) is 14.5 Å². The highest BCUT2D eigenvalue weighted by Gasteiger charge is 2.78. The van der Waals surface area contributed by atoms with Crippen LogP contribution in [0.2, 0.25) is 5.02 Å². The number of hydrogen-bond acceptors (Lipinski definition) is 10. The molecule has 214 valence electrons. The Labute approximate surface area is 239 Å². The first-order chi connectivity index (χ1) is 19.3. The highest BCUT2D eigenvalue weighted by molar-refractivity contribution is 6.31. The number of hydrazine groups is 1. The number of hydrogen-bond donors (Lipinski definition) is 2. The summed E-state index contributed by atoms with van der Waals surface area (Å²) in [5.41, 5.74) is 2.40. The van der Waals surface area contributed by atoms with Gasteiger partial charge in [-0.25, -0.2) is 4.99 Å². The van der Waals surface area contributed by atoms with E-state index in [-0.39, 0.29) is 11.9 Å². The molecule has 6 aliphatic rings. The minimum atomic E-state index is -1.26. The van der Waals surface area contributed by atoms with Crippen LogP contribution < -0.4 is 10.9 Å². The zero-order valence-corrected chi connectivity index (χ0v) is 24.1. The molecule has 7 rings (SSSR count). The fraction of sp³-hybridized carbons (Fsp3) is 0.643. The summed E-state index contributed by atoms with van der Waals surface area (Å²) in [4.78, 5) is 39.3. The molecule has 0 aromatic heterocycles. The van der Waals surface area contributed by atoms with Gasteiger partial charge in [0.2, 0.25) is 5.91 Å². The summed E-state index contributed by atoms with van der Waals surface area (Å²) in [7, 11) is 3.71. The zero-order valence-electron chi connectivity index (χ0n) is 23.3. The Morgan fingerprint density at radius 3 is 2.73 bits per heavy atom. The molecule has 11 nitrogen and oxygen atoms in total. The highest BCUT2D eigenvalue weighted by Crippen LogP contribution is 2.55. The van der Waals surface area contributed by atoms with Crippen LogP contribution in [0.4, 0.5) is 0 Å². The van der Waals surface area contributed by atoms with E-state index in [0.29, 0.717) is 48.6 Å². The Morgan fingerprint density at radius 2 is 2.05 bits per heavy atom. The molecule has 12 heteroatoms. The molecule has 2 bridgehead atoms. The topological polar surface area (TPSA) is 106 Å². The number of amides is 1. The summed E-state index contributed by atoms with van der Waals surface area (Å²) in [5.74, 6) is 0.474. The van der Waals surface area contributed by atoms with E-state index in [0.717, 1.165) is 37.3 Å². The summed E-state index contributed by atoms with van der Waals surface area (Å²) in [6.07, 6.45) is 6.12. The molecule has 2 N–H and O–H groups in total. The average Bonchev–Trinajstić information content (AvgIpc) is 3.77. The molecule has 1 aliphatic carbocycles. The third-order valence-corrected chi connectivity index (χ3v) is 9.90. The van der Waals surface area contributed by atoms with Crippen molar-refractivity contribution in [2.45, 2.75) is 62.5 Å². The standard InChI is InChI=1S/C28H37ClN8O3/c1-18-8-10-19(11-9-18)17-36-23(26(24(38)30-2)12-5-13-35(26)3)32-28(37-14-15-39-34-37)27(36)22(31-25(33-28)40-27)20-6-4-7-21(29)16-20/h4,6-7,16,18-19,34H,5,8-15,17H2,1-3H3,(H,30,38)/t18?,19?,26-,27?,28?/m1/s1. The van der Waals surface area contributed by atoms with Crippen molar-refractivity contribution in [1.82, 2.24) is 25.7 Å². The molecule has 3 atom stereocenters. The molecular weight excluding hydrogens is 532 g/mol. The lowest BCUT2D eigenvalue weighted by molar-refractivity contribution is -0.129. The number of carbonyl (C=O) groups is 1. The Kier molecular flexibility index (Phi) is 6.25. The molecule has 2 unspecified atom stereocenters. The number of nitrogens with one attached hydrogen (secondary N) is 2. The maximum Gasteiger partial charge on any atom is 0.318 e. The Morgan fingerprint density at radius 1 is 1.23 bits per heavy atom. The van der Waals surface area contributed by atoms with Gasteiger partial charge in [0.1, 0.15) is 11.5 Å². The van der Waals surface area contributed by atoms with Gasteiger partial charge in [-0.2, -0.15) is 15.0 Å². The molecule has 0 radical (unpaired) electrons. The number of aliphatic imine (C=N–C) groups is 3. The van der Waals surface area contributed by atoms with E-state index < -0.39 is 17.1 Å². The van der Waals surface area contributed by atoms with Gasteiger partial charge in [0.15, 0.2) is 5.54 Å². The predicted molar refractivity (Wildman–Crippen MR) is 152 cm³/mol. The predicted octanol–water partition coefficient (Wildman–Crippen LogP) is 2.38. The first-order valence-corrected chi connectivity index (χ1v) is 14.8. The van der Waals surface area contributed by atoms with Gasteiger partial charge in [-0.15, -0.1) is 5.59 Å². The van der Waals surface area contributed by atoms with Crippen LogP contribution in [-0.4, -0.2) is 95.7 Å². The van der Waals surface area contributed by atoms with E-state index in [1.807, 2.05) is 36.3 Å². The van der Waals surface area contributed by atoms with Gasteiger partial charge >= 0.3 is 6.02 Å².